The Morgan fingerprint density at radius 2 is 1.69 bits per heavy atom. The number of rotatable bonds is 6. The molecule has 9 heteroatoms. The number of carbonyl (C=O) groups excluding carboxylic acids is 2. The second-order valence-electron chi connectivity index (χ2n) is 5.32. The number of esters is 1. The van der Waals surface area contributed by atoms with Gasteiger partial charge < -0.3 is 10.1 Å². The lowest BCUT2D eigenvalue weighted by Gasteiger charge is -2.16. The van der Waals surface area contributed by atoms with E-state index in [0.29, 0.717) is 5.02 Å². The number of hydrogen-bond donors (Lipinski definition) is 2. The molecule has 138 valence electrons. The van der Waals surface area contributed by atoms with Crippen LogP contribution in [-0.2, 0) is 19.6 Å². The van der Waals surface area contributed by atoms with E-state index in [4.69, 9.17) is 11.6 Å². The largest absolute Gasteiger partial charge is 0.465 e. The van der Waals surface area contributed by atoms with E-state index in [-0.39, 0.29) is 16.1 Å². The second-order valence-corrected chi connectivity index (χ2v) is 7.47. The highest BCUT2D eigenvalue weighted by Crippen LogP contribution is 2.17. The van der Waals surface area contributed by atoms with Gasteiger partial charge in [0.1, 0.15) is 0 Å². The first-order valence-corrected chi connectivity index (χ1v) is 9.37. The van der Waals surface area contributed by atoms with Gasteiger partial charge in [0.25, 0.3) is 0 Å². The zero-order valence-electron chi connectivity index (χ0n) is 14.0. The first kappa shape index (κ1) is 19.9. The number of para-hydroxylation sites is 1. The molecule has 0 heterocycles. The van der Waals surface area contributed by atoms with Crippen molar-refractivity contribution in [1.29, 1.82) is 0 Å². The van der Waals surface area contributed by atoms with Crippen molar-refractivity contribution in [3.05, 3.63) is 59.1 Å². The molecule has 0 saturated heterocycles. The lowest BCUT2D eigenvalue weighted by atomic mass is 10.1. The molecule has 0 radical (unpaired) electrons. The van der Waals surface area contributed by atoms with Crippen molar-refractivity contribution in [2.45, 2.75) is 17.9 Å². The minimum atomic E-state index is -3.91. The summed E-state index contributed by atoms with van der Waals surface area (Å²) in [5, 5.41) is 2.92. The summed E-state index contributed by atoms with van der Waals surface area (Å²) >= 11 is 5.74. The lowest BCUT2D eigenvalue weighted by molar-refractivity contribution is -0.117. The van der Waals surface area contributed by atoms with Gasteiger partial charge in [-0.2, -0.15) is 4.72 Å². The number of ether oxygens (including phenoxy) is 1. The molecule has 1 atom stereocenters. The third-order valence-corrected chi connectivity index (χ3v) is 5.25. The summed E-state index contributed by atoms with van der Waals surface area (Å²) in [7, 11) is -2.68. The fraction of sp³-hybridized carbons (Fsp3) is 0.176. The summed E-state index contributed by atoms with van der Waals surface area (Å²) in [6.45, 7) is 1.39. The van der Waals surface area contributed by atoms with Crippen LogP contribution in [0.1, 0.15) is 17.3 Å². The average molecular weight is 397 g/mol. The molecule has 0 fully saturated rings. The van der Waals surface area contributed by atoms with Crippen LogP contribution >= 0.6 is 11.6 Å². The lowest BCUT2D eigenvalue weighted by Crippen LogP contribution is -2.41. The molecular formula is C17H17ClN2O5S. The van der Waals surface area contributed by atoms with Gasteiger partial charge in [-0.15, -0.1) is 0 Å². The van der Waals surface area contributed by atoms with Crippen LogP contribution in [0.2, 0.25) is 5.02 Å². The fourth-order valence-electron chi connectivity index (χ4n) is 2.09. The Morgan fingerprint density at radius 1 is 1.08 bits per heavy atom. The zero-order valence-corrected chi connectivity index (χ0v) is 15.6. The Balaban J connectivity index is 2.13. The molecule has 2 aromatic rings. The smallest absolute Gasteiger partial charge is 0.339 e. The molecule has 0 spiro atoms. The van der Waals surface area contributed by atoms with Crippen molar-refractivity contribution in [3.63, 3.8) is 0 Å². The Kier molecular flexibility index (Phi) is 6.36. The van der Waals surface area contributed by atoms with Gasteiger partial charge in [-0.1, -0.05) is 23.7 Å². The van der Waals surface area contributed by atoms with Gasteiger partial charge >= 0.3 is 5.97 Å². The van der Waals surface area contributed by atoms with Crippen LogP contribution < -0.4 is 10.0 Å². The van der Waals surface area contributed by atoms with Gasteiger partial charge in [0.05, 0.1) is 29.3 Å². The van der Waals surface area contributed by atoms with E-state index in [9.17, 15) is 18.0 Å². The first-order valence-electron chi connectivity index (χ1n) is 7.50. The van der Waals surface area contributed by atoms with Crippen molar-refractivity contribution in [3.8, 4) is 0 Å². The average Bonchev–Trinajstić information content (AvgIpc) is 2.61. The van der Waals surface area contributed by atoms with Crippen LogP contribution in [0.3, 0.4) is 0 Å². The molecule has 26 heavy (non-hydrogen) atoms. The minimum Gasteiger partial charge on any atom is -0.465 e. The number of nitrogens with one attached hydrogen (secondary N) is 2. The molecule has 0 aliphatic heterocycles. The van der Waals surface area contributed by atoms with Crippen LogP contribution in [0, 0.1) is 0 Å². The van der Waals surface area contributed by atoms with Crippen LogP contribution in [0.15, 0.2) is 53.4 Å². The normalized spacial score (nSPS) is 12.3. The summed E-state index contributed by atoms with van der Waals surface area (Å²) in [5.41, 5.74) is 0.387. The fourth-order valence-corrected chi connectivity index (χ4v) is 3.42. The molecular weight excluding hydrogens is 380 g/mol. The highest BCUT2D eigenvalue weighted by Gasteiger charge is 2.23. The van der Waals surface area contributed by atoms with Crippen LogP contribution in [-0.4, -0.2) is 33.4 Å². The van der Waals surface area contributed by atoms with Crippen LogP contribution in [0.5, 0.6) is 0 Å². The standard InChI is InChI=1S/C17H17ClN2O5S/c1-11(20-26(23,24)13-9-7-12(18)8-10-13)16(21)19-15-6-4-3-5-14(15)17(22)25-2/h3-11,20H,1-2H3,(H,19,21). The van der Waals surface area contributed by atoms with E-state index in [1.54, 1.807) is 12.1 Å². The van der Waals surface area contributed by atoms with Crippen molar-refractivity contribution in [1.82, 2.24) is 4.72 Å². The molecule has 0 bridgehead atoms. The Hall–Kier alpha value is -2.42. The predicted octanol–water partition coefficient (Wildman–Crippen LogP) is 2.43. The predicted molar refractivity (Wildman–Crippen MR) is 97.6 cm³/mol. The molecule has 0 aliphatic rings. The maximum absolute atomic E-state index is 12.3. The van der Waals surface area contributed by atoms with Gasteiger partial charge in [-0.25, -0.2) is 13.2 Å². The molecule has 0 aromatic heterocycles. The summed E-state index contributed by atoms with van der Waals surface area (Å²) < 4.78 is 31.6. The van der Waals surface area contributed by atoms with E-state index in [2.05, 4.69) is 14.8 Å². The Bertz CT molecular complexity index is 913. The number of hydrogen-bond acceptors (Lipinski definition) is 5. The number of carbonyl (C=O) groups is 2. The Labute approximate surface area is 156 Å². The van der Waals surface area contributed by atoms with Crippen LogP contribution in [0.4, 0.5) is 5.69 Å². The number of amides is 1. The van der Waals surface area contributed by atoms with Crippen molar-refractivity contribution >= 4 is 39.2 Å². The molecule has 0 aliphatic carbocycles. The zero-order chi connectivity index (χ0) is 19.3. The third kappa shape index (κ3) is 4.81. The van der Waals surface area contributed by atoms with E-state index in [1.807, 2.05) is 0 Å². The maximum Gasteiger partial charge on any atom is 0.339 e. The van der Waals surface area contributed by atoms with E-state index in [1.165, 1.54) is 50.4 Å². The Morgan fingerprint density at radius 3 is 2.31 bits per heavy atom. The summed E-state index contributed by atoms with van der Waals surface area (Å²) in [4.78, 5) is 24.0. The topological polar surface area (TPSA) is 102 Å². The second kappa shape index (κ2) is 8.31. The van der Waals surface area contributed by atoms with Gasteiger partial charge in [0.15, 0.2) is 0 Å². The molecule has 1 amide bonds. The summed E-state index contributed by atoms with van der Waals surface area (Å²) in [6, 6.07) is 10.7. The minimum absolute atomic E-state index is 0.0171. The van der Waals surface area contributed by atoms with Crippen molar-refractivity contribution in [2.24, 2.45) is 0 Å². The highest BCUT2D eigenvalue weighted by molar-refractivity contribution is 7.89. The number of anilines is 1. The number of methoxy groups -OCH3 is 1. The molecule has 7 nitrogen and oxygen atoms in total. The summed E-state index contributed by atoms with van der Waals surface area (Å²) in [5.74, 6) is -1.24. The van der Waals surface area contributed by atoms with E-state index in [0.717, 1.165) is 0 Å². The number of sulfonamides is 1. The van der Waals surface area contributed by atoms with Crippen molar-refractivity contribution < 1.29 is 22.7 Å². The SMILES string of the molecule is COC(=O)c1ccccc1NC(=O)C(C)NS(=O)(=O)c1ccc(Cl)cc1. The van der Waals surface area contributed by atoms with Gasteiger partial charge in [-0.3, -0.25) is 4.79 Å². The molecule has 2 aromatic carbocycles. The highest BCUT2D eigenvalue weighted by atomic mass is 35.5. The molecule has 2 rings (SSSR count). The van der Waals surface area contributed by atoms with E-state index < -0.39 is 27.9 Å². The quantitative estimate of drug-likeness (QED) is 0.730. The van der Waals surface area contributed by atoms with E-state index >= 15 is 0 Å². The number of halogens is 1. The van der Waals surface area contributed by atoms with Gasteiger partial charge in [-0.05, 0) is 43.3 Å². The van der Waals surface area contributed by atoms with Gasteiger partial charge in [0.2, 0.25) is 15.9 Å². The number of benzene rings is 2. The van der Waals surface area contributed by atoms with Gasteiger partial charge in [0, 0.05) is 5.02 Å². The first-order chi connectivity index (χ1) is 12.2. The molecule has 2 N–H and O–H groups in total. The molecule has 0 saturated carbocycles. The van der Waals surface area contributed by atoms with Crippen molar-refractivity contribution in [2.75, 3.05) is 12.4 Å². The van der Waals surface area contributed by atoms with Crippen LogP contribution in [0.25, 0.3) is 0 Å². The monoisotopic (exact) mass is 396 g/mol. The third-order valence-electron chi connectivity index (χ3n) is 3.44. The maximum atomic E-state index is 12.3. The summed E-state index contributed by atoms with van der Waals surface area (Å²) in [6.07, 6.45) is 0. The molecule has 1 unspecified atom stereocenters.